The summed E-state index contributed by atoms with van der Waals surface area (Å²) in [7, 11) is 0. The molecule has 1 aromatic carbocycles. The van der Waals surface area contributed by atoms with Gasteiger partial charge >= 0.3 is 0 Å². The predicted octanol–water partition coefficient (Wildman–Crippen LogP) is 1.62. The van der Waals surface area contributed by atoms with Crippen molar-refractivity contribution >= 4 is 0 Å². The van der Waals surface area contributed by atoms with Crippen LogP contribution in [-0.4, -0.2) is 30.6 Å². The highest BCUT2D eigenvalue weighted by Crippen LogP contribution is 2.22. The van der Waals surface area contributed by atoms with Crippen LogP contribution >= 0.6 is 0 Å². The van der Waals surface area contributed by atoms with Crippen molar-refractivity contribution in [3.63, 3.8) is 0 Å². The van der Waals surface area contributed by atoms with Crippen molar-refractivity contribution in [1.82, 2.24) is 4.90 Å². The van der Waals surface area contributed by atoms with Crippen LogP contribution in [0, 0.1) is 0 Å². The van der Waals surface area contributed by atoms with E-state index in [0.717, 1.165) is 38.4 Å². The van der Waals surface area contributed by atoms with Crippen LogP contribution in [0.2, 0.25) is 0 Å². The van der Waals surface area contributed by atoms with E-state index < -0.39 is 0 Å². The molecule has 0 bridgehead atoms. The minimum atomic E-state index is 0.269. The Morgan fingerprint density at radius 1 is 1.44 bits per heavy atom. The van der Waals surface area contributed by atoms with Crippen molar-refractivity contribution in [3.05, 3.63) is 29.8 Å². The van der Waals surface area contributed by atoms with E-state index in [1.54, 1.807) is 0 Å². The van der Waals surface area contributed by atoms with Gasteiger partial charge in [0, 0.05) is 31.2 Å². The van der Waals surface area contributed by atoms with Crippen LogP contribution in [0.4, 0.5) is 0 Å². The fourth-order valence-corrected chi connectivity index (χ4v) is 2.00. The van der Waals surface area contributed by atoms with Gasteiger partial charge in [0.05, 0.1) is 0 Å². The zero-order valence-corrected chi connectivity index (χ0v) is 9.86. The number of rotatable bonds is 3. The van der Waals surface area contributed by atoms with Gasteiger partial charge in [-0.1, -0.05) is 25.1 Å². The number of nitrogens with zero attached hydrogens (tertiary/aromatic N) is 1. The van der Waals surface area contributed by atoms with Gasteiger partial charge in [0.1, 0.15) is 12.4 Å². The number of nitrogens with two attached hydrogens (primary N) is 1. The summed E-state index contributed by atoms with van der Waals surface area (Å²) in [6.07, 6.45) is 1.03. The molecule has 3 nitrogen and oxygen atoms in total. The second kappa shape index (κ2) is 5.32. The van der Waals surface area contributed by atoms with Gasteiger partial charge < -0.3 is 10.5 Å². The fraction of sp³-hybridized carbons (Fsp3) is 0.538. The Morgan fingerprint density at radius 2 is 2.25 bits per heavy atom. The van der Waals surface area contributed by atoms with Crippen LogP contribution in [0.15, 0.2) is 24.3 Å². The predicted molar refractivity (Wildman–Crippen MR) is 65.5 cm³/mol. The number of hydrogen-bond acceptors (Lipinski definition) is 3. The molecule has 3 heteroatoms. The summed E-state index contributed by atoms with van der Waals surface area (Å²) >= 11 is 0. The van der Waals surface area contributed by atoms with Crippen LogP contribution in [0.25, 0.3) is 0 Å². The molecule has 0 aromatic heterocycles. The minimum Gasteiger partial charge on any atom is -0.492 e. The number of ether oxygens (including phenoxy) is 1. The molecule has 0 fully saturated rings. The smallest absolute Gasteiger partial charge is 0.123 e. The third-order valence-electron chi connectivity index (χ3n) is 3.05. The first-order valence-electron chi connectivity index (χ1n) is 5.98. The topological polar surface area (TPSA) is 38.5 Å². The lowest BCUT2D eigenvalue weighted by atomic mass is 10.1. The lowest BCUT2D eigenvalue weighted by molar-refractivity contribution is 0.214. The molecule has 0 radical (unpaired) electrons. The zero-order valence-electron chi connectivity index (χ0n) is 9.86. The molecule has 0 amide bonds. The Kier molecular flexibility index (Phi) is 3.80. The summed E-state index contributed by atoms with van der Waals surface area (Å²) in [5.74, 6) is 1.02. The highest BCUT2D eigenvalue weighted by molar-refractivity contribution is 5.33. The van der Waals surface area contributed by atoms with Gasteiger partial charge in [0.25, 0.3) is 0 Å². The molecule has 1 heterocycles. The molecule has 1 aliphatic rings. The van der Waals surface area contributed by atoms with Crippen LogP contribution in [0.1, 0.15) is 18.9 Å². The first-order chi connectivity index (χ1) is 7.79. The SMILES string of the molecule is CCC(N)CN1CCOc2ccccc2C1. The average molecular weight is 220 g/mol. The van der Waals surface area contributed by atoms with Crippen molar-refractivity contribution < 1.29 is 4.74 Å². The molecular formula is C13H20N2O. The molecule has 0 aliphatic carbocycles. The van der Waals surface area contributed by atoms with Crippen LogP contribution in [0.5, 0.6) is 5.75 Å². The number of hydrogen-bond donors (Lipinski definition) is 1. The van der Waals surface area contributed by atoms with E-state index in [0.29, 0.717) is 0 Å². The zero-order chi connectivity index (χ0) is 11.4. The fourth-order valence-electron chi connectivity index (χ4n) is 2.00. The van der Waals surface area contributed by atoms with Crippen molar-refractivity contribution in [1.29, 1.82) is 0 Å². The number of benzene rings is 1. The van der Waals surface area contributed by atoms with E-state index in [1.165, 1.54) is 5.56 Å². The molecule has 0 saturated carbocycles. The lowest BCUT2D eigenvalue weighted by Gasteiger charge is -2.22. The maximum absolute atomic E-state index is 5.99. The minimum absolute atomic E-state index is 0.269. The molecule has 1 aliphatic heterocycles. The van der Waals surface area contributed by atoms with Crippen molar-refractivity contribution in [2.24, 2.45) is 5.73 Å². The monoisotopic (exact) mass is 220 g/mol. The molecule has 16 heavy (non-hydrogen) atoms. The van der Waals surface area contributed by atoms with Crippen LogP contribution in [-0.2, 0) is 6.54 Å². The largest absolute Gasteiger partial charge is 0.492 e. The quantitative estimate of drug-likeness (QED) is 0.841. The van der Waals surface area contributed by atoms with Gasteiger partial charge in [-0.25, -0.2) is 0 Å². The van der Waals surface area contributed by atoms with E-state index in [4.69, 9.17) is 10.5 Å². The normalized spacial score (nSPS) is 18.4. The van der Waals surface area contributed by atoms with Crippen molar-refractivity contribution in [3.8, 4) is 5.75 Å². The maximum Gasteiger partial charge on any atom is 0.123 e. The number of para-hydroxylation sites is 1. The van der Waals surface area contributed by atoms with E-state index in [9.17, 15) is 0 Å². The second-order valence-electron chi connectivity index (χ2n) is 4.36. The first-order valence-corrected chi connectivity index (χ1v) is 5.98. The first kappa shape index (κ1) is 11.4. The average Bonchev–Trinajstić information content (AvgIpc) is 2.50. The summed E-state index contributed by atoms with van der Waals surface area (Å²) in [6.45, 7) is 5.75. The Balaban J connectivity index is 2.05. The standard InChI is InChI=1S/C13H20N2O/c1-2-12(14)10-15-7-8-16-13-6-4-3-5-11(13)9-15/h3-6,12H,2,7-10,14H2,1H3. The molecule has 88 valence electrons. The van der Waals surface area contributed by atoms with Crippen LogP contribution in [0.3, 0.4) is 0 Å². The molecule has 0 spiro atoms. The van der Waals surface area contributed by atoms with Crippen LogP contribution < -0.4 is 10.5 Å². The third kappa shape index (κ3) is 2.74. The van der Waals surface area contributed by atoms with Gasteiger partial charge in [-0.15, -0.1) is 0 Å². The van der Waals surface area contributed by atoms with E-state index in [2.05, 4.69) is 24.0 Å². The molecule has 0 saturated heterocycles. The van der Waals surface area contributed by atoms with Gasteiger partial charge in [-0.05, 0) is 12.5 Å². The van der Waals surface area contributed by atoms with Crippen molar-refractivity contribution in [2.45, 2.75) is 25.9 Å². The summed E-state index contributed by atoms with van der Waals surface area (Å²) in [5, 5.41) is 0. The summed E-state index contributed by atoms with van der Waals surface area (Å²) in [5.41, 5.74) is 7.26. The van der Waals surface area contributed by atoms with E-state index in [1.807, 2.05) is 12.1 Å². The van der Waals surface area contributed by atoms with Gasteiger partial charge in [-0.3, -0.25) is 4.90 Å². The van der Waals surface area contributed by atoms with Gasteiger partial charge in [0.2, 0.25) is 0 Å². The molecule has 1 atom stereocenters. The van der Waals surface area contributed by atoms with E-state index in [-0.39, 0.29) is 6.04 Å². The molecule has 2 rings (SSSR count). The highest BCUT2D eigenvalue weighted by atomic mass is 16.5. The summed E-state index contributed by atoms with van der Waals surface area (Å²) < 4.78 is 5.71. The van der Waals surface area contributed by atoms with E-state index >= 15 is 0 Å². The Morgan fingerprint density at radius 3 is 3.06 bits per heavy atom. The summed E-state index contributed by atoms with van der Waals surface area (Å²) in [4.78, 5) is 2.38. The van der Waals surface area contributed by atoms with Crippen molar-refractivity contribution in [2.75, 3.05) is 19.7 Å². The Labute approximate surface area is 97.2 Å². The highest BCUT2D eigenvalue weighted by Gasteiger charge is 2.16. The Bertz CT molecular complexity index is 340. The third-order valence-corrected chi connectivity index (χ3v) is 3.05. The molecule has 1 aromatic rings. The number of fused-ring (bicyclic) bond motifs is 1. The second-order valence-corrected chi connectivity index (χ2v) is 4.36. The Hall–Kier alpha value is -1.06. The molecule has 1 unspecified atom stereocenters. The lowest BCUT2D eigenvalue weighted by Crippen LogP contribution is -2.37. The molecule has 2 N–H and O–H groups in total. The summed E-state index contributed by atoms with van der Waals surface area (Å²) in [6, 6.07) is 8.52. The van der Waals surface area contributed by atoms with Gasteiger partial charge in [-0.2, -0.15) is 0 Å². The van der Waals surface area contributed by atoms with Gasteiger partial charge in [0.15, 0.2) is 0 Å². The molecular weight excluding hydrogens is 200 g/mol. The maximum atomic E-state index is 5.99.